The minimum absolute atomic E-state index is 0.0430. The van der Waals surface area contributed by atoms with Gasteiger partial charge in [0.2, 0.25) is 0 Å². The summed E-state index contributed by atoms with van der Waals surface area (Å²) in [6, 6.07) is 8.05. The summed E-state index contributed by atoms with van der Waals surface area (Å²) in [6.45, 7) is 12.0. The first kappa shape index (κ1) is 26.8. The lowest BCUT2D eigenvalue weighted by Gasteiger charge is -2.37. The summed E-state index contributed by atoms with van der Waals surface area (Å²) in [6.07, 6.45) is 1.30. The molecule has 192 valence electrons. The second-order valence-electron chi connectivity index (χ2n) is 9.67. The minimum atomic E-state index is -3.91. The molecule has 0 aliphatic carbocycles. The van der Waals surface area contributed by atoms with Gasteiger partial charge in [-0.1, -0.05) is 67.1 Å². The molecule has 3 N–H and O–H groups in total. The predicted molar refractivity (Wildman–Crippen MR) is 139 cm³/mol. The third-order valence-corrected chi connectivity index (χ3v) is 10.4. The number of fused-ring (bicyclic) bond motifs is 1. The third kappa shape index (κ3) is 6.17. The van der Waals surface area contributed by atoms with Crippen LogP contribution in [0, 0.1) is 0 Å². The van der Waals surface area contributed by atoms with Crippen LogP contribution in [0.1, 0.15) is 33.3 Å². The summed E-state index contributed by atoms with van der Waals surface area (Å²) in [5.74, 6) is 0.617. The van der Waals surface area contributed by atoms with Crippen molar-refractivity contribution in [2.24, 2.45) is 10.7 Å². The highest BCUT2D eigenvalue weighted by atomic mass is 33.1. The van der Waals surface area contributed by atoms with Crippen molar-refractivity contribution in [3.8, 4) is 0 Å². The Balaban J connectivity index is 1.38. The molecule has 0 bridgehead atoms. The molecule has 1 aromatic rings. The fourth-order valence-electron chi connectivity index (χ4n) is 3.87. The van der Waals surface area contributed by atoms with E-state index in [0.717, 1.165) is 10.5 Å². The Hall–Kier alpha value is -1.30. The molecule has 3 heterocycles. The van der Waals surface area contributed by atoms with Gasteiger partial charge >= 0.3 is 7.82 Å². The Labute approximate surface area is 214 Å². The highest BCUT2D eigenvalue weighted by Crippen LogP contribution is 2.58. The second-order valence-corrected chi connectivity index (χ2v) is 14.3. The maximum atomic E-state index is 13.3. The van der Waals surface area contributed by atoms with E-state index in [0.29, 0.717) is 18.1 Å². The molecule has 3 aliphatic rings. The van der Waals surface area contributed by atoms with Gasteiger partial charge in [0.05, 0.1) is 13.2 Å². The minimum Gasteiger partial charge on any atom is -0.384 e. The van der Waals surface area contributed by atoms with E-state index in [1.165, 1.54) is 0 Å². The topological polar surface area (TPSA) is 116 Å². The molecule has 0 spiro atoms. The first-order chi connectivity index (χ1) is 16.4. The van der Waals surface area contributed by atoms with E-state index in [-0.39, 0.29) is 18.0 Å². The van der Waals surface area contributed by atoms with Crippen LogP contribution in [0.15, 0.2) is 58.8 Å². The molecule has 0 amide bonds. The number of benzene rings is 1. The number of hydrogen-bond donors (Lipinski definition) is 2. The summed E-state index contributed by atoms with van der Waals surface area (Å²) >= 11 is 0. The summed E-state index contributed by atoms with van der Waals surface area (Å²) in [4.78, 5) is 6.81. The Morgan fingerprint density at radius 1 is 1.40 bits per heavy atom. The number of hydrogen-bond acceptors (Lipinski definition) is 11. The summed E-state index contributed by atoms with van der Waals surface area (Å²) in [5, 5.41) is 11.3. The molecule has 1 aromatic carbocycles. The molecular formula is C23H32N3O6PS2. The highest BCUT2D eigenvalue weighted by molar-refractivity contribution is 8.77. The van der Waals surface area contributed by atoms with Crippen LogP contribution in [0.5, 0.6) is 0 Å². The number of amidine groups is 1. The van der Waals surface area contributed by atoms with Gasteiger partial charge in [0.15, 0.2) is 6.23 Å². The molecule has 4 rings (SSSR count). The maximum Gasteiger partial charge on any atom is 0.475 e. The van der Waals surface area contributed by atoms with Crippen molar-refractivity contribution in [2.45, 2.75) is 67.8 Å². The van der Waals surface area contributed by atoms with Crippen LogP contribution in [-0.4, -0.2) is 57.8 Å². The zero-order chi connectivity index (χ0) is 25.4. The SMILES string of the molecule is C=C1N=C(N)C=CN1[C@@H]1O[C@@H]2COP(=O)(OCCc3ccccc3SSC(C)(C)C)O[C@H]2[C@@]1(C)O. The lowest BCUT2D eigenvalue weighted by Crippen LogP contribution is -2.53. The quantitative estimate of drug-likeness (QED) is 0.379. The van der Waals surface area contributed by atoms with Crippen LogP contribution in [0.4, 0.5) is 0 Å². The molecule has 3 aliphatic heterocycles. The second kappa shape index (κ2) is 10.2. The molecule has 0 aromatic heterocycles. The van der Waals surface area contributed by atoms with E-state index in [4.69, 9.17) is 24.0 Å². The number of ether oxygens (including phenoxy) is 1. The molecule has 2 fully saturated rings. The molecule has 0 radical (unpaired) electrons. The zero-order valence-electron chi connectivity index (χ0n) is 20.2. The number of nitrogens with zero attached hydrogens (tertiary/aromatic N) is 2. The van der Waals surface area contributed by atoms with E-state index in [1.54, 1.807) is 45.7 Å². The zero-order valence-corrected chi connectivity index (χ0v) is 22.8. The smallest absolute Gasteiger partial charge is 0.384 e. The fourth-order valence-corrected chi connectivity index (χ4v) is 7.60. The van der Waals surface area contributed by atoms with E-state index in [9.17, 15) is 9.67 Å². The molecule has 0 saturated carbocycles. The molecule has 35 heavy (non-hydrogen) atoms. The Morgan fingerprint density at radius 3 is 2.86 bits per heavy atom. The number of rotatable bonds is 7. The van der Waals surface area contributed by atoms with Gasteiger partial charge in [-0.15, -0.1) is 0 Å². The van der Waals surface area contributed by atoms with Crippen LogP contribution in [0.3, 0.4) is 0 Å². The van der Waals surface area contributed by atoms with Gasteiger partial charge in [-0.25, -0.2) is 9.56 Å². The van der Waals surface area contributed by atoms with Gasteiger partial charge in [-0.05, 0) is 31.1 Å². The fraction of sp³-hybridized carbons (Fsp3) is 0.522. The van der Waals surface area contributed by atoms with E-state index in [2.05, 4.69) is 38.4 Å². The predicted octanol–water partition coefficient (Wildman–Crippen LogP) is 4.44. The van der Waals surface area contributed by atoms with Crippen molar-refractivity contribution >= 4 is 35.2 Å². The molecule has 5 atom stereocenters. The van der Waals surface area contributed by atoms with Gasteiger partial charge in [-0.3, -0.25) is 13.6 Å². The average Bonchev–Trinajstić information content (AvgIpc) is 3.02. The largest absolute Gasteiger partial charge is 0.475 e. The number of aliphatic imine (C=N–C) groups is 1. The van der Waals surface area contributed by atoms with Crippen molar-refractivity contribution in [2.75, 3.05) is 13.2 Å². The number of aliphatic hydroxyl groups is 1. The standard InChI is InChI=1S/C23H32N3O6PS2/c1-15-25-19(24)10-12-26(15)21-23(5,27)20-17(31-21)14-30-33(28,32-20)29-13-11-16-8-6-7-9-18(16)34-35-22(2,3)4/h6-10,12,17,20-21,27H,1,11,13-14H2,2-5H3,(H2,24,25)/t17-,20-,21-,23-,33?/m1/s1. The Bertz CT molecular complexity index is 1070. The monoisotopic (exact) mass is 541 g/mol. The van der Waals surface area contributed by atoms with E-state index < -0.39 is 31.9 Å². The van der Waals surface area contributed by atoms with Crippen LogP contribution in [0.2, 0.25) is 0 Å². The Morgan fingerprint density at radius 2 is 2.14 bits per heavy atom. The number of nitrogens with two attached hydrogens (primary N) is 1. The first-order valence-electron chi connectivity index (χ1n) is 11.3. The van der Waals surface area contributed by atoms with Crippen LogP contribution >= 0.6 is 29.4 Å². The highest BCUT2D eigenvalue weighted by Gasteiger charge is 2.61. The van der Waals surface area contributed by atoms with Crippen LogP contribution in [0.25, 0.3) is 0 Å². The number of phosphoric ester groups is 1. The van der Waals surface area contributed by atoms with E-state index in [1.807, 2.05) is 18.2 Å². The normalized spacial score (nSPS) is 33.1. The maximum absolute atomic E-state index is 13.3. The summed E-state index contributed by atoms with van der Waals surface area (Å²) in [5.41, 5.74) is 5.25. The van der Waals surface area contributed by atoms with Crippen molar-refractivity contribution < 1.29 is 28.0 Å². The summed E-state index contributed by atoms with van der Waals surface area (Å²) < 4.78 is 36.2. The van der Waals surface area contributed by atoms with E-state index >= 15 is 0 Å². The summed E-state index contributed by atoms with van der Waals surface area (Å²) in [7, 11) is -0.413. The van der Waals surface area contributed by atoms with Crippen molar-refractivity contribution in [3.05, 3.63) is 54.5 Å². The van der Waals surface area contributed by atoms with Crippen molar-refractivity contribution in [1.82, 2.24) is 4.90 Å². The van der Waals surface area contributed by atoms with Crippen LogP contribution < -0.4 is 5.73 Å². The molecular weight excluding hydrogens is 509 g/mol. The molecule has 2 saturated heterocycles. The lowest BCUT2D eigenvalue weighted by atomic mass is 9.96. The first-order valence-corrected chi connectivity index (χ1v) is 14.9. The molecule has 9 nitrogen and oxygen atoms in total. The van der Waals surface area contributed by atoms with Crippen LogP contribution in [-0.2, 0) is 29.3 Å². The Kier molecular flexibility index (Phi) is 7.81. The van der Waals surface area contributed by atoms with Crippen molar-refractivity contribution in [1.29, 1.82) is 0 Å². The van der Waals surface area contributed by atoms with Gasteiger partial charge in [0.1, 0.15) is 29.5 Å². The van der Waals surface area contributed by atoms with Gasteiger partial charge in [0.25, 0.3) is 0 Å². The van der Waals surface area contributed by atoms with Gasteiger partial charge in [-0.2, -0.15) is 0 Å². The number of phosphoric acid groups is 1. The molecule has 1 unspecified atom stereocenters. The van der Waals surface area contributed by atoms with Gasteiger partial charge in [0, 0.05) is 15.8 Å². The van der Waals surface area contributed by atoms with Gasteiger partial charge < -0.3 is 20.5 Å². The third-order valence-electron chi connectivity index (χ3n) is 5.55. The lowest BCUT2D eigenvalue weighted by molar-refractivity contribution is -0.105. The molecule has 12 heteroatoms. The average molecular weight is 542 g/mol. The van der Waals surface area contributed by atoms with Crippen molar-refractivity contribution in [3.63, 3.8) is 0 Å².